The first-order chi connectivity index (χ1) is 7.40. The molecule has 0 bridgehead atoms. The molecule has 0 aromatic heterocycles. The predicted octanol–water partition coefficient (Wildman–Crippen LogP) is 1.44. The van der Waals surface area contributed by atoms with Gasteiger partial charge >= 0.3 is 0 Å². The lowest BCUT2D eigenvalue weighted by Crippen LogP contribution is -2.16. The molecule has 0 aliphatic carbocycles. The number of nitrogens with one attached hydrogen (secondary N) is 1. The molecule has 3 nitrogen and oxygen atoms in total. The molecule has 2 rings (SSSR count). The van der Waals surface area contributed by atoms with Crippen molar-refractivity contribution < 1.29 is 4.74 Å². The first-order valence-corrected chi connectivity index (χ1v) is 5.20. The van der Waals surface area contributed by atoms with Crippen molar-refractivity contribution in [2.24, 2.45) is 0 Å². The zero-order valence-electron chi connectivity index (χ0n) is 8.57. The normalized spacial score (nSPS) is 20.1. The van der Waals surface area contributed by atoms with Crippen LogP contribution in [0.3, 0.4) is 0 Å². The molecule has 0 spiro atoms. The molecule has 1 aliphatic heterocycles. The van der Waals surface area contributed by atoms with Gasteiger partial charge in [0.15, 0.2) is 0 Å². The van der Waals surface area contributed by atoms with Gasteiger partial charge in [0.05, 0.1) is 24.3 Å². The molecule has 1 heterocycles. The summed E-state index contributed by atoms with van der Waals surface area (Å²) < 4.78 is 5.72. The highest BCUT2D eigenvalue weighted by Gasteiger charge is 2.14. The molecule has 0 amide bonds. The van der Waals surface area contributed by atoms with Crippen LogP contribution >= 0.6 is 0 Å². The minimum Gasteiger partial charge on any atom is -0.372 e. The van der Waals surface area contributed by atoms with Gasteiger partial charge in [0, 0.05) is 6.54 Å². The summed E-state index contributed by atoms with van der Waals surface area (Å²) in [7, 11) is 0. The maximum absolute atomic E-state index is 8.89. The van der Waals surface area contributed by atoms with Gasteiger partial charge in [-0.25, -0.2) is 0 Å². The predicted molar refractivity (Wildman–Crippen MR) is 57.2 cm³/mol. The molecular formula is C12H14N2O. The van der Waals surface area contributed by atoms with E-state index in [1.807, 2.05) is 24.3 Å². The topological polar surface area (TPSA) is 45.0 Å². The van der Waals surface area contributed by atoms with Crippen LogP contribution in [0.5, 0.6) is 0 Å². The standard InChI is InChI=1S/C12H14N2O/c13-7-10-3-1-2-4-11(10)9-15-12-5-6-14-8-12/h1-4,12,14H,5-6,8-9H2. The molecule has 1 aromatic rings. The molecule has 1 aliphatic rings. The second kappa shape index (κ2) is 4.92. The highest BCUT2D eigenvalue weighted by molar-refractivity contribution is 5.36. The summed E-state index contributed by atoms with van der Waals surface area (Å²) in [4.78, 5) is 0. The van der Waals surface area contributed by atoms with Crippen molar-refractivity contribution in [3.63, 3.8) is 0 Å². The van der Waals surface area contributed by atoms with E-state index in [2.05, 4.69) is 11.4 Å². The quantitative estimate of drug-likeness (QED) is 0.806. The second-order valence-corrected chi connectivity index (χ2v) is 3.69. The zero-order valence-corrected chi connectivity index (χ0v) is 8.57. The van der Waals surface area contributed by atoms with Gasteiger partial charge in [0.2, 0.25) is 0 Å². The number of rotatable bonds is 3. The van der Waals surface area contributed by atoms with Crippen LogP contribution < -0.4 is 5.32 Å². The zero-order chi connectivity index (χ0) is 10.5. The van der Waals surface area contributed by atoms with Crippen LogP contribution in [0, 0.1) is 11.3 Å². The third-order valence-electron chi connectivity index (χ3n) is 2.63. The SMILES string of the molecule is N#Cc1ccccc1COC1CCNC1. The van der Waals surface area contributed by atoms with Gasteiger partial charge in [-0.05, 0) is 24.6 Å². The van der Waals surface area contributed by atoms with E-state index in [9.17, 15) is 0 Å². The summed E-state index contributed by atoms with van der Waals surface area (Å²) in [5, 5.41) is 12.1. The van der Waals surface area contributed by atoms with Gasteiger partial charge in [-0.3, -0.25) is 0 Å². The van der Waals surface area contributed by atoms with Crippen molar-refractivity contribution in [2.45, 2.75) is 19.1 Å². The fourth-order valence-electron chi connectivity index (χ4n) is 1.73. The number of nitrogens with zero attached hydrogens (tertiary/aromatic N) is 1. The van der Waals surface area contributed by atoms with E-state index >= 15 is 0 Å². The van der Waals surface area contributed by atoms with Gasteiger partial charge < -0.3 is 10.1 Å². The van der Waals surface area contributed by atoms with E-state index in [1.165, 1.54) is 0 Å². The Bertz CT molecular complexity index is 364. The Balaban J connectivity index is 1.95. The summed E-state index contributed by atoms with van der Waals surface area (Å²) >= 11 is 0. The van der Waals surface area contributed by atoms with Crippen LogP contribution in [0.1, 0.15) is 17.5 Å². The lowest BCUT2D eigenvalue weighted by molar-refractivity contribution is 0.0541. The highest BCUT2D eigenvalue weighted by Crippen LogP contribution is 2.12. The lowest BCUT2D eigenvalue weighted by atomic mass is 10.1. The third kappa shape index (κ3) is 2.56. The van der Waals surface area contributed by atoms with E-state index in [0.29, 0.717) is 18.3 Å². The molecule has 1 fully saturated rings. The fraction of sp³-hybridized carbons (Fsp3) is 0.417. The van der Waals surface area contributed by atoms with Crippen LogP contribution in [0.25, 0.3) is 0 Å². The van der Waals surface area contributed by atoms with Crippen molar-refractivity contribution >= 4 is 0 Å². The maximum Gasteiger partial charge on any atom is 0.0995 e. The Morgan fingerprint density at radius 2 is 2.33 bits per heavy atom. The van der Waals surface area contributed by atoms with Crippen molar-refractivity contribution in [1.29, 1.82) is 5.26 Å². The first-order valence-electron chi connectivity index (χ1n) is 5.20. The van der Waals surface area contributed by atoms with E-state index < -0.39 is 0 Å². The summed E-state index contributed by atoms with van der Waals surface area (Å²) in [5.41, 5.74) is 1.69. The molecule has 15 heavy (non-hydrogen) atoms. The molecule has 1 saturated heterocycles. The molecule has 1 atom stereocenters. The molecule has 0 saturated carbocycles. The van der Waals surface area contributed by atoms with Gasteiger partial charge in [0.1, 0.15) is 0 Å². The summed E-state index contributed by atoms with van der Waals surface area (Å²) in [6, 6.07) is 9.76. The smallest absolute Gasteiger partial charge is 0.0995 e. The van der Waals surface area contributed by atoms with Crippen LogP contribution in [0.15, 0.2) is 24.3 Å². The molecule has 1 N–H and O–H groups in total. The highest BCUT2D eigenvalue weighted by atomic mass is 16.5. The molecule has 1 unspecified atom stereocenters. The van der Waals surface area contributed by atoms with Crippen LogP contribution in [-0.4, -0.2) is 19.2 Å². The molecular weight excluding hydrogens is 188 g/mol. The first kappa shape index (κ1) is 10.2. The van der Waals surface area contributed by atoms with Crippen molar-refractivity contribution in [1.82, 2.24) is 5.32 Å². The number of ether oxygens (including phenoxy) is 1. The van der Waals surface area contributed by atoms with Crippen LogP contribution in [-0.2, 0) is 11.3 Å². The number of hydrogen-bond donors (Lipinski definition) is 1. The van der Waals surface area contributed by atoms with Crippen molar-refractivity contribution in [3.8, 4) is 6.07 Å². The van der Waals surface area contributed by atoms with Gasteiger partial charge in [-0.2, -0.15) is 5.26 Å². The minimum atomic E-state index is 0.303. The Morgan fingerprint density at radius 3 is 3.07 bits per heavy atom. The fourth-order valence-corrected chi connectivity index (χ4v) is 1.73. The summed E-state index contributed by atoms with van der Waals surface area (Å²) in [6.07, 6.45) is 1.37. The summed E-state index contributed by atoms with van der Waals surface area (Å²) in [5.74, 6) is 0. The van der Waals surface area contributed by atoms with Crippen LogP contribution in [0.2, 0.25) is 0 Å². The lowest BCUT2D eigenvalue weighted by Gasteiger charge is -2.10. The van der Waals surface area contributed by atoms with Gasteiger partial charge in [-0.1, -0.05) is 18.2 Å². The number of hydrogen-bond acceptors (Lipinski definition) is 3. The Labute approximate surface area is 89.7 Å². The van der Waals surface area contributed by atoms with E-state index in [-0.39, 0.29) is 0 Å². The van der Waals surface area contributed by atoms with E-state index in [1.54, 1.807) is 0 Å². The number of nitriles is 1. The number of benzene rings is 1. The van der Waals surface area contributed by atoms with Crippen molar-refractivity contribution in [2.75, 3.05) is 13.1 Å². The average Bonchev–Trinajstić information content (AvgIpc) is 2.79. The van der Waals surface area contributed by atoms with Gasteiger partial charge in [0.25, 0.3) is 0 Å². The largest absolute Gasteiger partial charge is 0.372 e. The Hall–Kier alpha value is -1.37. The molecule has 0 radical (unpaired) electrons. The van der Waals surface area contributed by atoms with Crippen LogP contribution in [0.4, 0.5) is 0 Å². The van der Waals surface area contributed by atoms with E-state index in [4.69, 9.17) is 10.00 Å². The Morgan fingerprint density at radius 1 is 1.47 bits per heavy atom. The molecule has 1 aromatic carbocycles. The maximum atomic E-state index is 8.89. The second-order valence-electron chi connectivity index (χ2n) is 3.69. The Kier molecular flexibility index (Phi) is 3.33. The monoisotopic (exact) mass is 202 g/mol. The molecule has 78 valence electrons. The van der Waals surface area contributed by atoms with E-state index in [0.717, 1.165) is 25.1 Å². The minimum absolute atomic E-state index is 0.303. The average molecular weight is 202 g/mol. The van der Waals surface area contributed by atoms with Gasteiger partial charge in [-0.15, -0.1) is 0 Å². The molecule has 3 heteroatoms. The van der Waals surface area contributed by atoms with Crippen molar-refractivity contribution in [3.05, 3.63) is 35.4 Å². The summed E-state index contributed by atoms with van der Waals surface area (Å²) in [6.45, 7) is 2.50. The third-order valence-corrected chi connectivity index (χ3v) is 2.63.